The van der Waals surface area contributed by atoms with Crippen LogP contribution in [0.1, 0.15) is 61.9 Å². The number of hydrogen-bond donors (Lipinski definition) is 0. The topological polar surface area (TPSA) is 67.9 Å². The molecule has 0 spiro atoms. The summed E-state index contributed by atoms with van der Waals surface area (Å²) in [5.41, 5.74) is 5.85. The molecular formula is C28H33N3O2. The zero-order valence-corrected chi connectivity index (χ0v) is 19.9. The minimum absolute atomic E-state index is 0.192. The Hall–Kier alpha value is -3.23. The molecule has 3 rings (SSSR count). The molecule has 2 heterocycles. The summed E-state index contributed by atoms with van der Waals surface area (Å²) in [5, 5.41) is 10.3. The molecule has 172 valence electrons. The highest BCUT2D eigenvalue weighted by molar-refractivity contribution is 5.93. The van der Waals surface area contributed by atoms with Crippen molar-refractivity contribution >= 4 is 22.4 Å². The number of fused-ring (bicyclic) bond motifs is 1. The van der Waals surface area contributed by atoms with Gasteiger partial charge in [0.05, 0.1) is 12.2 Å². The number of ether oxygens (including phenoxy) is 1. The molecule has 0 bridgehead atoms. The Balaban J connectivity index is 1.73. The SMILES string of the molecule is C=C(CC(C)CC(C)=O)c1c(CCCCOCc2ccccc2)n(C)c2ncc(C#N)cc12. The van der Waals surface area contributed by atoms with E-state index in [0.29, 0.717) is 25.2 Å². The predicted octanol–water partition coefficient (Wildman–Crippen LogP) is 6.00. The van der Waals surface area contributed by atoms with Crippen molar-refractivity contribution in [3.05, 3.63) is 71.6 Å². The first-order chi connectivity index (χ1) is 15.9. The van der Waals surface area contributed by atoms with Crippen LogP contribution in [0.2, 0.25) is 0 Å². The molecule has 5 heteroatoms. The molecule has 0 saturated carbocycles. The van der Waals surface area contributed by atoms with E-state index in [9.17, 15) is 10.1 Å². The summed E-state index contributed by atoms with van der Waals surface area (Å²) in [4.78, 5) is 16.1. The number of hydrogen-bond acceptors (Lipinski definition) is 4. The molecule has 0 aliphatic carbocycles. The Kier molecular flexibility index (Phi) is 8.57. The summed E-state index contributed by atoms with van der Waals surface area (Å²) in [5.74, 6) is 0.411. The van der Waals surface area contributed by atoms with E-state index in [1.165, 1.54) is 11.3 Å². The van der Waals surface area contributed by atoms with Crippen LogP contribution in [-0.2, 0) is 29.6 Å². The van der Waals surface area contributed by atoms with E-state index < -0.39 is 0 Å². The molecule has 0 N–H and O–H groups in total. The van der Waals surface area contributed by atoms with Crippen molar-refractivity contribution in [3.8, 4) is 6.07 Å². The number of nitriles is 1. The molecule has 0 amide bonds. The summed E-state index contributed by atoms with van der Waals surface area (Å²) in [6.07, 6.45) is 5.71. The predicted molar refractivity (Wildman–Crippen MR) is 133 cm³/mol. The van der Waals surface area contributed by atoms with Gasteiger partial charge in [0.15, 0.2) is 0 Å². The van der Waals surface area contributed by atoms with Gasteiger partial charge in [-0.2, -0.15) is 5.26 Å². The standard InChI is InChI=1S/C28H33N3O2/c1-20(15-22(3)32)14-21(2)27-25-16-24(17-29)18-30-28(25)31(4)26(27)12-8-9-13-33-19-23-10-6-5-7-11-23/h5-7,10-11,16,18,20H,2,8-9,12-15,19H2,1,3-4H3. The molecule has 3 aromatic rings. The number of rotatable bonds is 12. The van der Waals surface area contributed by atoms with Crippen LogP contribution in [0.5, 0.6) is 0 Å². The Morgan fingerprint density at radius 3 is 2.70 bits per heavy atom. The van der Waals surface area contributed by atoms with Gasteiger partial charge in [0.2, 0.25) is 0 Å². The van der Waals surface area contributed by atoms with Crippen LogP contribution in [0, 0.1) is 17.2 Å². The van der Waals surface area contributed by atoms with Crippen LogP contribution < -0.4 is 0 Å². The largest absolute Gasteiger partial charge is 0.377 e. The molecule has 0 aliphatic rings. The van der Waals surface area contributed by atoms with Crippen LogP contribution in [0.25, 0.3) is 16.6 Å². The summed E-state index contributed by atoms with van der Waals surface area (Å²) in [6, 6.07) is 14.3. The quantitative estimate of drug-likeness (QED) is 0.322. The summed E-state index contributed by atoms with van der Waals surface area (Å²) >= 11 is 0. The fourth-order valence-electron chi connectivity index (χ4n) is 4.45. The summed E-state index contributed by atoms with van der Waals surface area (Å²) < 4.78 is 7.96. The lowest BCUT2D eigenvalue weighted by Crippen LogP contribution is -2.05. The number of carbonyl (C=O) groups excluding carboxylic acids is 1. The number of benzene rings is 1. The zero-order valence-electron chi connectivity index (χ0n) is 19.9. The fourth-order valence-corrected chi connectivity index (χ4v) is 4.45. The number of aryl methyl sites for hydroxylation is 1. The van der Waals surface area contributed by atoms with Crippen LogP contribution in [0.3, 0.4) is 0 Å². The number of carbonyl (C=O) groups is 1. The summed E-state index contributed by atoms with van der Waals surface area (Å²) in [6.45, 7) is 9.44. The van der Waals surface area contributed by atoms with E-state index in [4.69, 9.17) is 4.74 Å². The molecule has 1 unspecified atom stereocenters. The highest BCUT2D eigenvalue weighted by Crippen LogP contribution is 2.34. The second kappa shape index (κ2) is 11.6. The normalized spacial score (nSPS) is 11.9. The Morgan fingerprint density at radius 2 is 2.00 bits per heavy atom. The number of aromatic nitrogens is 2. The van der Waals surface area contributed by atoms with Crippen molar-refractivity contribution in [2.24, 2.45) is 13.0 Å². The van der Waals surface area contributed by atoms with Gasteiger partial charge in [-0.05, 0) is 55.7 Å². The van der Waals surface area contributed by atoms with Gasteiger partial charge in [0.1, 0.15) is 17.5 Å². The zero-order chi connectivity index (χ0) is 23.8. The minimum Gasteiger partial charge on any atom is -0.377 e. The second-order valence-electron chi connectivity index (χ2n) is 8.90. The molecule has 0 aliphatic heterocycles. The number of unbranched alkanes of at least 4 members (excludes halogenated alkanes) is 1. The third-order valence-electron chi connectivity index (χ3n) is 5.92. The molecular weight excluding hydrogens is 410 g/mol. The van der Waals surface area contributed by atoms with Crippen molar-refractivity contribution in [2.75, 3.05) is 6.61 Å². The van der Waals surface area contributed by atoms with Crippen molar-refractivity contribution < 1.29 is 9.53 Å². The molecule has 2 aromatic heterocycles. The molecule has 1 atom stereocenters. The van der Waals surface area contributed by atoms with E-state index in [2.05, 4.69) is 41.3 Å². The Bertz CT molecular complexity index is 1160. The van der Waals surface area contributed by atoms with Crippen molar-refractivity contribution in [3.63, 3.8) is 0 Å². The first kappa shape index (κ1) is 24.4. The average molecular weight is 444 g/mol. The van der Waals surface area contributed by atoms with E-state index in [1.807, 2.05) is 31.3 Å². The van der Waals surface area contributed by atoms with Gasteiger partial charge in [-0.1, -0.05) is 43.8 Å². The van der Waals surface area contributed by atoms with Gasteiger partial charge >= 0.3 is 0 Å². The minimum atomic E-state index is 0.192. The van der Waals surface area contributed by atoms with Crippen molar-refractivity contribution in [1.82, 2.24) is 9.55 Å². The van der Waals surface area contributed by atoms with Gasteiger partial charge < -0.3 is 14.1 Å². The number of Topliss-reactive ketones (excluding diaryl/α,β-unsaturated/α-hetero) is 1. The van der Waals surface area contributed by atoms with Gasteiger partial charge in [0, 0.05) is 42.9 Å². The fraction of sp³-hybridized carbons (Fsp3) is 0.393. The third kappa shape index (κ3) is 6.40. The van der Waals surface area contributed by atoms with Crippen molar-refractivity contribution in [1.29, 1.82) is 5.26 Å². The van der Waals surface area contributed by atoms with Crippen LogP contribution in [0.4, 0.5) is 0 Å². The maximum absolute atomic E-state index is 11.6. The first-order valence-corrected chi connectivity index (χ1v) is 11.6. The average Bonchev–Trinajstić information content (AvgIpc) is 3.07. The van der Waals surface area contributed by atoms with Crippen LogP contribution >= 0.6 is 0 Å². The maximum atomic E-state index is 11.6. The van der Waals surface area contributed by atoms with E-state index in [-0.39, 0.29) is 11.7 Å². The third-order valence-corrected chi connectivity index (χ3v) is 5.92. The van der Waals surface area contributed by atoms with Gasteiger partial charge in [-0.15, -0.1) is 0 Å². The molecule has 0 saturated heterocycles. The van der Waals surface area contributed by atoms with Gasteiger partial charge in [-0.3, -0.25) is 0 Å². The molecule has 0 radical (unpaired) electrons. The number of pyridine rings is 1. The number of allylic oxidation sites excluding steroid dienone is 1. The first-order valence-electron chi connectivity index (χ1n) is 11.6. The lowest BCUT2D eigenvalue weighted by molar-refractivity contribution is -0.117. The lowest BCUT2D eigenvalue weighted by Gasteiger charge is -2.14. The maximum Gasteiger partial charge on any atom is 0.140 e. The lowest BCUT2D eigenvalue weighted by atomic mass is 9.91. The monoisotopic (exact) mass is 443 g/mol. The highest BCUT2D eigenvalue weighted by atomic mass is 16.5. The molecule has 0 fully saturated rings. The van der Waals surface area contributed by atoms with Crippen LogP contribution in [0.15, 0.2) is 49.2 Å². The van der Waals surface area contributed by atoms with Gasteiger partial charge in [0.25, 0.3) is 0 Å². The van der Waals surface area contributed by atoms with E-state index >= 15 is 0 Å². The molecule has 1 aromatic carbocycles. The second-order valence-corrected chi connectivity index (χ2v) is 8.90. The number of nitrogens with zero attached hydrogens (tertiary/aromatic N) is 3. The molecule has 33 heavy (non-hydrogen) atoms. The Morgan fingerprint density at radius 1 is 1.24 bits per heavy atom. The van der Waals surface area contributed by atoms with Gasteiger partial charge in [-0.25, -0.2) is 4.98 Å². The number of ketones is 1. The van der Waals surface area contributed by atoms with E-state index in [1.54, 1.807) is 13.1 Å². The highest BCUT2D eigenvalue weighted by Gasteiger charge is 2.20. The van der Waals surface area contributed by atoms with E-state index in [0.717, 1.165) is 47.9 Å². The van der Waals surface area contributed by atoms with Crippen molar-refractivity contribution in [2.45, 2.75) is 52.6 Å². The summed E-state index contributed by atoms with van der Waals surface area (Å²) in [7, 11) is 2.03. The smallest absolute Gasteiger partial charge is 0.140 e. The van der Waals surface area contributed by atoms with Crippen LogP contribution in [-0.4, -0.2) is 21.9 Å². The molecule has 5 nitrogen and oxygen atoms in total. The Labute approximate surface area is 196 Å².